The van der Waals surface area contributed by atoms with Gasteiger partial charge in [0.2, 0.25) is 11.8 Å². The van der Waals surface area contributed by atoms with E-state index in [1.54, 1.807) is 0 Å². The lowest BCUT2D eigenvalue weighted by molar-refractivity contribution is -0.274. The number of halogens is 4. The van der Waals surface area contributed by atoms with E-state index in [-0.39, 0.29) is 17.2 Å². The highest BCUT2D eigenvalue weighted by Crippen LogP contribution is 2.36. The Morgan fingerprint density at radius 3 is 2.57 bits per heavy atom. The van der Waals surface area contributed by atoms with Crippen molar-refractivity contribution in [3.05, 3.63) is 23.2 Å². The van der Waals surface area contributed by atoms with Crippen molar-refractivity contribution in [2.24, 2.45) is 0 Å². The molecule has 0 saturated carbocycles. The van der Waals surface area contributed by atoms with Gasteiger partial charge in [-0.05, 0) is 18.2 Å². The minimum atomic E-state index is -4.91. The first-order valence-corrected chi connectivity index (χ1v) is 7.43. The standard InChI is InChI=1S/C13H9ClF3NO4S/c1-6(19)23-10-5-11(20)18(12(10)21)7-2-3-9(8(14)4-7)22-13(15,16)17/h2-4,10H,5H2,1H3. The van der Waals surface area contributed by atoms with Crippen molar-refractivity contribution >= 4 is 46.0 Å². The molecule has 0 bridgehead atoms. The van der Waals surface area contributed by atoms with Crippen molar-refractivity contribution in [1.82, 2.24) is 0 Å². The second-order valence-electron chi connectivity index (χ2n) is 4.53. The number of nitrogens with zero attached hydrogens (tertiary/aromatic N) is 1. The van der Waals surface area contributed by atoms with Gasteiger partial charge in [-0.3, -0.25) is 14.4 Å². The smallest absolute Gasteiger partial charge is 0.404 e. The molecule has 0 N–H and O–H groups in total. The predicted molar refractivity (Wildman–Crippen MR) is 77.3 cm³/mol. The number of carbonyl (C=O) groups excluding carboxylic acids is 3. The highest BCUT2D eigenvalue weighted by atomic mass is 35.5. The van der Waals surface area contributed by atoms with Gasteiger partial charge < -0.3 is 4.74 Å². The quantitative estimate of drug-likeness (QED) is 0.768. The highest BCUT2D eigenvalue weighted by Gasteiger charge is 2.41. The van der Waals surface area contributed by atoms with Crippen LogP contribution in [0.5, 0.6) is 5.75 Å². The number of imide groups is 1. The molecule has 0 aromatic heterocycles. The predicted octanol–water partition coefficient (Wildman–Crippen LogP) is 3.15. The second-order valence-corrected chi connectivity index (χ2v) is 6.32. The van der Waals surface area contributed by atoms with E-state index in [0.717, 1.165) is 34.9 Å². The summed E-state index contributed by atoms with van der Waals surface area (Å²) in [7, 11) is 0. The normalized spacial score (nSPS) is 18.5. The maximum Gasteiger partial charge on any atom is 0.573 e. The molecule has 0 spiro atoms. The van der Waals surface area contributed by atoms with Crippen molar-refractivity contribution in [3.63, 3.8) is 0 Å². The van der Waals surface area contributed by atoms with Crippen LogP contribution in [0.15, 0.2) is 18.2 Å². The molecule has 124 valence electrons. The van der Waals surface area contributed by atoms with Gasteiger partial charge in [-0.1, -0.05) is 23.4 Å². The molecular formula is C13H9ClF3NO4S. The summed E-state index contributed by atoms with van der Waals surface area (Å²) in [6, 6.07) is 3.06. The molecule has 23 heavy (non-hydrogen) atoms. The second kappa shape index (κ2) is 6.40. The van der Waals surface area contributed by atoms with E-state index in [0.29, 0.717) is 0 Å². The maximum absolute atomic E-state index is 12.2. The van der Waals surface area contributed by atoms with Crippen LogP contribution >= 0.6 is 23.4 Å². The van der Waals surface area contributed by atoms with E-state index in [2.05, 4.69) is 4.74 Å². The van der Waals surface area contributed by atoms with Crippen molar-refractivity contribution in [1.29, 1.82) is 0 Å². The summed E-state index contributed by atoms with van der Waals surface area (Å²) in [6.45, 7) is 1.27. The number of thioether (sulfide) groups is 1. The number of ether oxygens (including phenoxy) is 1. The average molecular weight is 368 g/mol. The maximum atomic E-state index is 12.2. The molecule has 1 unspecified atom stereocenters. The van der Waals surface area contributed by atoms with Crippen LogP contribution in [0.3, 0.4) is 0 Å². The summed E-state index contributed by atoms with van der Waals surface area (Å²) in [4.78, 5) is 35.9. The number of anilines is 1. The Labute approximate surface area is 137 Å². The van der Waals surface area contributed by atoms with Crippen molar-refractivity contribution in [2.45, 2.75) is 25.0 Å². The summed E-state index contributed by atoms with van der Waals surface area (Å²) in [6.07, 6.45) is -5.07. The first kappa shape index (κ1) is 17.6. The zero-order valence-corrected chi connectivity index (χ0v) is 13.1. The Morgan fingerprint density at radius 2 is 2.04 bits per heavy atom. The zero-order valence-electron chi connectivity index (χ0n) is 11.5. The number of benzene rings is 1. The van der Waals surface area contributed by atoms with Gasteiger partial charge in [-0.2, -0.15) is 0 Å². The molecule has 5 nitrogen and oxygen atoms in total. The molecule has 1 atom stereocenters. The molecule has 1 aliphatic rings. The van der Waals surface area contributed by atoms with Gasteiger partial charge in [0.1, 0.15) is 11.0 Å². The molecule has 1 fully saturated rings. The van der Waals surface area contributed by atoms with Crippen LogP contribution in [0.2, 0.25) is 5.02 Å². The Balaban J connectivity index is 2.25. The van der Waals surface area contributed by atoms with Gasteiger partial charge in [0.05, 0.1) is 10.7 Å². The molecule has 1 saturated heterocycles. The SMILES string of the molecule is CC(=O)SC1CC(=O)N(c2ccc(OC(F)(F)F)c(Cl)c2)C1=O. The summed E-state index contributed by atoms with van der Waals surface area (Å²) in [5.74, 6) is -1.82. The van der Waals surface area contributed by atoms with Crippen LogP contribution in [0.1, 0.15) is 13.3 Å². The Hall–Kier alpha value is -1.74. The lowest BCUT2D eigenvalue weighted by Crippen LogP contribution is -2.31. The Kier molecular flexibility index (Phi) is 4.90. The minimum Gasteiger partial charge on any atom is -0.404 e. The summed E-state index contributed by atoms with van der Waals surface area (Å²) >= 11 is 6.43. The van der Waals surface area contributed by atoms with E-state index in [1.807, 2.05) is 0 Å². The molecule has 1 aromatic carbocycles. The number of amides is 2. The molecule has 0 aliphatic carbocycles. The average Bonchev–Trinajstić information content (AvgIpc) is 2.65. The monoisotopic (exact) mass is 367 g/mol. The third-order valence-electron chi connectivity index (χ3n) is 2.81. The molecule has 1 aromatic rings. The fraction of sp³-hybridized carbons (Fsp3) is 0.308. The minimum absolute atomic E-state index is 0.0196. The summed E-state index contributed by atoms with van der Waals surface area (Å²) < 4.78 is 40.3. The number of hydrogen-bond donors (Lipinski definition) is 0. The lowest BCUT2D eigenvalue weighted by Gasteiger charge is -2.17. The van der Waals surface area contributed by atoms with Crippen molar-refractivity contribution in [2.75, 3.05) is 4.90 Å². The third kappa shape index (κ3) is 4.17. The van der Waals surface area contributed by atoms with Crippen LogP contribution in [0.25, 0.3) is 0 Å². The number of carbonyl (C=O) groups is 3. The fourth-order valence-corrected chi connectivity index (χ4v) is 3.05. The Morgan fingerprint density at radius 1 is 1.39 bits per heavy atom. The Bertz CT molecular complexity index is 680. The van der Waals surface area contributed by atoms with E-state index >= 15 is 0 Å². The summed E-state index contributed by atoms with van der Waals surface area (Å²) in [5, 5.41) is -1.56. The van der Waals surface area contributed by atoms with Crippen LogP contribution in [0.4, 0.5) is 18.9 Å². The largest absolute Gasteiger partial charge is 0.573 e. The number of alkyl halides is 3. The molecular weight excluding hydrogens is 359 g/mol. The molecule has 2 amide bonds. The lowest BCUT2D eigenvalue weighted by atomic mass is 10.2. The van der Waals surface area contributed by atoms with Crippen molar-refractivity contribution < 1.29 is 32.3 Å². The zero-order chi connectivity index (χ0) is 17.4. The number of rotatable bonds is 3. The van der Waals surface area contributed by atoms with Gasteiger partial charge in [0.25, 0.3) is 0 Å². The fourth-order valence-electron chi connectivity index (χ4n) is 2.00. The molecule has 2 rings (SSSR count). The molecule has 1 heterocycles. The van der Waals surface area contributed by atoms with Gasteiger partial charge in [0.15, 0.2) is 5.12 Å². The van der Waals surface area contributed by atoms with Gasteiger partial charge in [-0.25, -0.2) is 4.90 Å². The van der Waals surface area contributed by atoms with Gasteiger partial charge >= 0.3 is 6.36 Å². The van der Waals surface area contributed by atoms with E-state index < -0.39 is 34.2 Å². The highest BCUT2D eigenvalue weighted by molar-refractivity contribution is 8.14. The summed E-state index contributed by atoms with van der Waals surface area (Å²) in [5.41, 5.74) is 0.0196. The van der Waals surface area contributed by atoms with Gasteiger partial charge in [-0.15, -0.1) is 13.2 Å². The van der Waals surface area contributed by atoms with Crippen LogP contribution in [-0.2, 0) is 14.4 Å². The van der Waals surface area contributed by atoms with E-state index in [9.17, 15) is 27.6 Å². The topological polar surface area (TPSA) is 63.7 Å². The van der Waals surface area contributed by atoms with Gasteiger partial charge in [0, 0.05) is 13.3 Å². The molecule has 0 radical (unpaired) electrons. The van der Waals surface area contributed by atoms with Crippen LogP contribution < -0.4 is 9.64 Å². The number of hydrogen-bond acceptors (Lipinski definition) is 5. The molecule has 1 aliphatic heterocycles. The van der Waals surface area contributed by atoms with Crippen molar-refractivity contribution in [3.8, 4) is 5.75 Å². The van der Waals surface area contributed by atoms with E-state index in [1.165, 1.54) is 6.92 Å². The van der Waals surface area contributed by atoms with Crippen LogP contribution in [-0.4, -0.2) is 28.5 Å². The first-order valence-electron chi connectivity index (χ1n) is 6.18. The van der Waals surface area contributed by atoms with E-state index in [4.69, 9.17) is 11.6 Å². The molecule has 10 heteroatoms. The van der Waals surface area contributed by atoms with Crippen LogP contribution in [0, 0.1) is 0 Å². The third-order valence-corrected chi connectivity index (χ3v) is 4.09. The first-order chi connectivity index (χ1) is 10.6.